The summed E-state index contributed by atoms with van der Waals surface area (Å²) >= 11 is 0. The number of anilines is 2. The van der Waals surface area contributed by atoms with Gasteiger partial charge in [0.2, 0.25) is 0 Å². The van der Waals surface area contributed by atoms with Gasteiger partial charge in [-0.2, -0.15) is 0 Å². The van der Waals surface area contributed by atoms with Crippen LogP contribution in [0.2, 0.25) is 0 Å². The van der Waals surface area contributed by atoms with Crippen LogP contribution in [0.15, 0.2) is 24.4 Å². The third-order valence-corrected chi connectivity index (χ3v) is 5.27. The summed E-state index contributed by atoms with van der Waals surface area (Å²) in [5.74, 6) is 1.44. The van der Waals surface area contributed by atoms with Gasteiger partial charge in [0.15, 0.2) is 11.6 Å². The molecule has 134 valence electrons. The SMILES string of the molecule is O=C(O)c1cnc2c(c1)OCCCN2c1cc(C2CC2)nc(C2CC2)c1. The van der Waals surface area contributed by atoms with Gasteiger partial charge in [0.05, 0.1) is 12.2 Å². The lowest BCUT2D eigenvalue weighted by Crippen LogP contribution is -2.19. The Hall–Kier alpha value is -2.63. The Morgan fingerprint density at radius 2 is 1.81 bits per heavy atom. The Labute approximate surface area is 151 Å². The number of ether oxygens (including phenoxy) is 1. The number of carboxylic acids is 1. The van der Waals surface area contributed by atoms with Crippen molar-refractivity contribution in [3.63, 3.8) is 0 Å². The molecule has 3 aliphatic rings. The van der Waals surface area contributed by atoms with Crippen molar-refractivity contribution in [3.05, 3.63) is 41.3 Å². The van der Waals surface area contributed by atoms with E-state index in [1.807, 2.05) is 0 Å². The van der Waals surface area contributed by atoms with Crippen molar-refractivity contribution < 1.29 is 14.6 Å². The van der Waals surface area contributed by atoms with Crippen LogP contribution in [0.4, 0.5) is 11.5 Å². The molecule has 1 aliphatic heterocycles. The minimum Gasteiger partial charge on any atom is -0.490 e. The molecule has 0 spiro atoms. The van der Waals surface area contributed by atoms with Crippen molar-refractivity contribution in [2.75, 3.05) is 18.1 Å². The van der Waals surface area contributed by atoms with Gasteiger partial charge in [0.25, 0.3) is 0 Å². The molecule has 0 bridgehead atoms. The highest BCUT2D eigenvalue weighted by Crippen LogP contribution is 2.46. The van der Waals surface area contributed by atoms with Gasteiger partial charge in [-0.3, -0.25) is 4.98 Å². The van der Waals surface area contributed by atoms with Gasteiger partial charge >= 0.3 is 5.97 Å². The van der Waals surface area contributed by atoms with Crippen molar-refractivity contribution >= 4 is 17.5 Å². The summed E-state index contributed by atoms with van der Waals surface area (Å²) in [5, 5.41) is 9.23. The molecular weight excluding hydrogens is 330 g/mol. The number of nitrogens with zero attached hydrogens (tertiary/aromatic N) is 3. The summed E-state index contributed by atoms with van der Waals surface area (Å²) in [4.78, 5) is 22.8. The highest BCUT2D eigenvalue weighted by molar-refractivity contribution is 5.88. The molecule has 0 unspecified atom stereocenters. The highest BCUT2D eigenvalue weighted by atomic mass is 16.5. The van der Waals surface area contributed by atoms with Crippen molar-refractivity contribution in [1.82, 2.24) is 9.97 Å². The minimum atomic E-state index is -0.990. The molecule has 0 aromatic carbocycles. The third-order valence-electron chi connectivity index (χ3n) is 5.27. The first-order chi connectivity index (χ1) is 12.7. The first kappa shape index (κ1) is 15.6. The van der Waals surface area contributed by atoms with E-state index in [-0.39, 0.29) is 5.56 Å². The lowest BCUT2D eigenvalue weighted by atomic mass is 10.1. The van der Waals surface area contributed by atoms with Crippen LogP contribution >= 0.6 is 0 Å². The predicted molar refractivity (Wildman–Crippen MR) is 96.5 cm³/mol. The maximum Gasteiger partial charge on any atom is 0.337 e. The van der Waals surface area contributed by atoms with E-state index in [4.69, 9.17) is 9.72 Å². The first-order valence-corrected chi connectivity index (χ1v) is 9.34. The Bertz CT molecular complexity index is 844. The topological polar surface area (TPSA) is 75.6 Å². The van der Waals surface area contributed by atoms with Crippen LogP contribution in [0.5, 0.6) is 5.75 Å². The summed E-state index contributed by atoms with van der Waals surface area (Å²) < 4.78 is 5.79. The summed E-state index contributed by atoms with van der Waals surface area (Å²) in [6.45, 7) is 1.36. The molecule has 3 heterocycles. The van der Waals surface area contributed by atoms with Crippen LogP contribution in [0, 0.1) is 0 Å². The van der Waals surface area contributed by atoms with Crippen molar-refractivity contribution in [2.45, 2.75) is 43.9 Å². The summed E-state index contributed by atoms with van der Waals surface area (Å²) in [6.07, 6.45) is 7.16. The first-order valence-electron chi connectivity index (χ1n) is 9.34. The normalized spacial score (nSPS) is 19.5. The zero-order chi connectivity index (χ0) is 17.7. The predicted octanol–water partition coefficient (Wildman–Crippen LogP) is 3.85. The van der Waals surface area contributed by atoms with Crippen LogP contribution < -0.4 is 9.64 Å². The van der Waals surface area contributed by atoms with E-state index in [2.05, 4.69) is 22.0 Å². The maximum atomic E-state index is 11.3. The molecule has 6 nitrogen and oxygen atoms in total. The average molecular weight is 351 g/mol. The fourth-order valence-electron chi connectivity index (χ4n) is 3.52. The largest absolute Gasteiger partial charge is 0.490 e. The second-order valence-electron chi connectivity index (χ2n) is 7.43. The van der Waals surface area contributed by atoms with E-state index >= 15 is 0 Å². The second-order valence-corrected chi connectivity index (χ2v) is 7.43. The van der Waals surface area contributed by atoms with Crippen LogP contribution in [0.25, 0.3) is 0 Å². The number of aromatic carboxylic acids is 1. The lowest BCUT2D eigenvalue weighted by molar-refractivity contribution is 0.0696. The quantitative estimate of drug-likeness (QED) is 0.902. The van der Waals surface area contributed by atoms with E-state index in [9.17, 15) is 9.90 Å². The molecule has 0 radical (unpaired) electrons. The number of rotatable bonds is 4. The van der Waals surface area contributed by atoms with Crippen molar-refractivity contribution in [2.24, 2.45) is 0 Å². The van der Waals surface area contributed by atoms with Gasteiger partial charge in [-0.15, -0.1) is 0 Å². The molecular formula is C20H21N3O3. The Morgan fingerprint density at radius 1 is 1.12 bits per heavy atom. The second kappa shape index (κ2) is 5.97. The number of pyridine rings is 2. The smallest absolute Gasteiger partial charge is 0.337 e. The number of aromatic nitrogens is 2. The third kappa shape index (κ3) is 2.89. The van der Waals surface area contributed by atoms with Gasteiger partial charge in [0.1, 0.15) is 0 Å². The Balaban J connectivity index is 1.58. The zero-order valence-corrected chi connectivity index (χ0v) is 14.5. The number of carbonyl (C=O) groups is 1. The van der Waals surface area contributed by atoms with E-state index < -0.39 is 5.97 Å². The molecule has 0 saturated heterocycles. The highest BCUT2D eigenvalue weighted by Gasteiger charge is 2.31. The summed E-state index contributed by atoms with van der Waals surface area (Å²) in [6, 6.07) is 5.95. The molecule has 2 aromatic rings. The molecule has 0 atom stereocenters. The monoisotopic (exact) mass is 351 g/mol. The van der Waals surface area contributed by atoms with Crippen molar-refractivity contribution in [1.29, 1.82) is 0 Å². The molecule has 2 fully saturated rings. The number of fused-ring (bicyclic) bond motifs is 1. The molecule has 26 heavy (non-hydrogen) atoms. The summed E-state index contributed by atoms with van der Waals surface area (Å²) in [7, 11) is 0. The molecule has 1 N–H and O–H groups in total. The average Bonchev–Trinajstić information content (AvgIpc) is 3.52. The molecule has 6 heteroatoms. The maximum absolute atomic E-state index is 11.3. The standard InChI is InChI=1S/C20H21N3O3/c24-20(25)14-8-18-19(21-11-14)23(6-1-7-26-18)15-9-16(12-2-3-12)22-17(10-15)13-4-5-13/h8-13H,1-7H2,(H,24,25). The molecule has 2 aromatic heterocycles. The van der Waals surface area contributed by atoms with Crippen LogP contribution in [-0.4, -0.2) is 34.2 Å². The fraction of sp³-hybridized carbons (Fsp3) is 0.450. The van der Waals surface area contributed by atoms with Crippen LogP contribution in [0.3, 0.4) is 0 Å². The van der Waals surface area contributed by atoms with Gasteiger partial charge in [-0.25, -0.2) is 9.78 Å². The zero-order valence-electron chi connectivity index (χ0n) is 14.5. The number of hydrogen-bond donors (Lipinski definition) is 1. The van der Waals surface area contributed by atoms with Gasteiger partial charge in [-0.1, -0.05) is 0 Å². The van der Waals surface area contributed by atoms with E-state index in [1.54, 1.807) is 6.07 Å². The van der Waals surface area contributed by atoms with Crippen LogP contribution in [-0.2, 0) is 0 Å². The molecule has 2 aliphatic carbocycles. The van der Waals surface area contributed by atoms with Crippen LogP contribution in [0.1, 0.15) is 65.7 Å². The lowest BCUT2D eigenvalue weighted by Gasteiger charge is -2.24. The number of hydrogen-bond acceptors (Lipinski definition) is 5. The van der Waals surface area contributed by atoms with E-state index in [1.165, 1.54) is 43.3 Å². The van der Waals surface area contributed by atoms with Gasteiger partial charge in [-0.05, 0) is 44.2 Å². The summed E-state index contributed by atoms with van der Waals surface area (Å²) in [5.41, 5.74) is 3.64. The fourth-order valence-corrected chi connectivity index (χ4v) is 3.52. The van der Waals surface area contributed by atoms with E-state index in [0.717, 1.165) is 18.7 Å². The van der Waals surface area contributed by atoms with Gasteiger partial charge < -0.3 is 14.7 Å². The number of carboxylic acid groups (broad SMARTS) is 1. The van der Waals surface area contributed by atoms with Gasteiger partial charge in [0, 0.05) is 47.7 Å². The Kier molecular flexibility index (Phi) is 3.58. The minimum absolute atomic E-state index is 0.151. The molecule has 0 amide bonds. The Morgan fingerprint density at radius 3 is 2.42 bits per heavy atom. The van der Waals surface area contributed by atoms with Crippen molar-refractivity contribution in [3.8, 4) is 5.75 Å². The molecule has 2 saturated carbocycles. The van der Waals surface area contributed by atoms with E-state index in [0.29, 0.717) is 30.0 Å². The molecule has 5 rings (SSSR count).